The van der Waals surface area contributed by atoms with E-state index in [2.05, 4.69) is 4.98 Å². The molecule has 2 aromatic rings. The minimum absolute atomic E-state index is 0.00187. The van der Waals surface area contributed by atoms with Crippen molar-refractivity contribution in [1.82, 2.24) is 9.55 Å². The summed E-state index contributed by atoms with van der Waals surface area (Å²) in [6, 6.07) is 8.30. The Labute approximate surface area is 195 Å². The molecule has 0 aliphatic carbocycles. The molecule has 1 aliphatic heterocycles. The van der Waals surface area contributed by atoms with E-state index in [0.717, 1.165) is 18.4 Å². The first-order valence-corrected chi connectivity index (χ1v) is 11.8. The molecule has 1 aromatic carbocycles. The average molecular weight is 496 g/mol. The molecular formula is C21H25N3O9S. The Hall–Kier alpha value is -3.29. The van der Waals surface area contributed by atoms with Crippen molar-refractivity contribution in [3.63, 3.8) is 0 Å². The van der Waals surface area contributed by atoms with Crippen molar-refractivity contribution in [2.75, 3.05) is 12.3 Å². The zero-order chi connectivity index (χ0) is 25.0. The van der Waals surface area contributed by atoms with Gasteiger partial charge in [-0.25, -0.2) is 4.79 Å². The van der Waals surface area contributed by atoms with Gasteiger partial charge in [-0.05, 0) is 12.5 Å². The third-order valence-corrected chi connectivity index (χ3v) is 6.13. The van der Waals surface area contributed by atoms with Crippen LogP contribution in [0.4, 0.5) is 5.82 Å². The monoisotopic (exact) mass is 495 g/mol. The Morgan fingerprint density at radius 2 is 1.82 bits per heavy atom. The van der Waals surface area contributed by atoms with E-state index >= 15 is 0 Å². The van der Waals surface area contributed by atoms with Crippen molar-refractivity contribution in [2.45, 2.75) is 51.1 Å². The molecule has 13 heteroatoms. The van der Waals surface area contributed by atoms with Crippen LogP contribution in [0.2, 0.25) is 0 Å². The number of nitrogens with two attached hydrogens (primary N) is 1. The highest BCUT2D eigenvalue weighted by Gasteiger charge is 2.51. The summed E-state index contributed by atoms with van der Waals surface area (Å²) in [7, 11) is -4.22. The summed E-state index contributed by atoms with van der Waals surface area (Å²) in [4.78, 5) is 39.5. The van der Waals surface area contributed by atoms with E-state index in [1.54, 1.807) is 37.3 Å². The molecule has 3 rings (SSSR count). The van der Waals surface area contributed by atoms with Crippen LogP contribution in [0.25, 0.3) is 0 Å². The molecule has 12 nitrogen and oxygen atoms in total. The normalized spacial score (nSPS) is 22.3. The number of nitrogens with zero attached hydrogens (tertiary/aromatic N) is 2. The Kier molecular flexibility index (Phi) is 7.69. The Morgan fingerprint density at radius 1 is 1.15 bits per heavy atom. The van der Waals surface area contributed by atoms with Crippen LogP contribution in [-0.4, -0.2) is 54.8 Å². The van der Waals surface area contributed by atoms with Gasteiger partial charge in [0.25, 0.3) is 10.1 Å². The lowest BCUT2D eigenvalue weighted by Crippen LogP contribution is -2.42. The van der Waals surface area contributed by atoms with Crippen molar-refractivity contribution in [3.8, 4) is 0 Å². The third-order valence-electron chi connectivity index (χ3n) is 4.93. The number of nitrogen functional groups attached to an aromatic ring is 1. The van der Waals surface area contributed by atoms with Gasteiger partial charge in [0.05, 0.1) is 0 Å². The molecule has 0 bridgehead atoms. The number of aryl methyl sites for hydroxylation is 1. The standard InChI is InChI=1S/C21H25N3O9S/c1-12-9-24(21(27)23-19(12)22)20-18(31-14(3)26)17(16(32-20)10-30-13(2)25)33-34(28,29)11-15-7-5-4-6-8-15/h4-9,16-18,20H,10-11H2,1-3H3,(H2,22,23,27)/t16-,17+,18-,20-/m1/s1. The van der Waals surface area contributed by atoms with E-state index in [1.165, 1.54) is 6.20 Å². The lowest BCUT2D eigenvalue weighted by Gasteiger charge is -2.24. The maximum atomic E-state index is 12.9. The van der Waals surface area contributed by atoms with Crippen LogP contribution in [0.1, 0.15) is 31.2 Å². The van der Waals surface area contributed by atoms with Crippen LogP contribution in [0.15, 0.2) is 41.3 Å². The predicted molar refractivity (Wildman–Crippen MR) is 118 cm³/mol. The average Bonchev–Trinajstić information content (AvgIpc) is 3.05. The molecule has 1 fully saturated rings. The molecule has 2 N–H and O–H groups in total. The van der Waals surface area contributed by atoms with Crippen LogP contribution in [-0.2, 0) is 43.9 Å². The molecular weight excluding hydrogens is 470 g/mol. The van der Waals surface area contributed by atoms with Gasteiger partial charge in [0.15, 0.2) is 12.3 Å². The summed E-state index contributed by atoms with van der Waals surface area (Å²) in [6.45, 7) is 3.46. The summed E-state index contributed by atoms with van der Waals surface area (Å²) >= 11 is 0. The van der Waals surface area contributed by atoms with Crippen LogP contribution < -0.4 is 11.4 Å². The van der Waals surface area contributed by atoms with Gasteiger partial charge in [-0.2, -0.15) is 13.4 Å². The molecule has 2 heterocycles. The molecule has 1 saturated heterocycles. The maximum Gasteiger partial charge on any atom is 0.351 e. The molecule has 0 radical (unpaired) electrons. The highest BCUT2D eigenvalue weighted by Crippen LogP contribution is 2.35. The van der Waals surface area contributed by atoms with E-state index in [4.69, 9.17) is 24.1 Å². The van der Waals surface area contributed by atoms with Gasteiger partial charge >= 0.3 is 17.6 Å². The van der Waals surface area contributed by atoms with Crippen LogP contribution in [0, 0.1) is 6.92 Å². The number of hydrogen-bond donors (Lipinski definition) is 1. The Bertz CT molecular complexity index is 1210. The van der Waals surface area contributed by atoms with E-state index in [-0.39, 0.29) is 5.82 Å². The second-order valence-electron chi connectivity index (χ2n) is 7.69. The van der Waals surface area contributed by atoms with Crippen LogP contribution in [0.5, 0.6) is 0 Å². The lowest BCUT2D eigenvalue weighted by atomic mass is 10.1. The summed E-state index contributed by atoms with van der Waals surface area (Å²) in [5, 5.41) is 0. The van der Waals surface area contributed by atoms with Crippen molar-refractivity contribution in [1.29, 1.82) is 0 Å². The fourth-order valence-corrected chi connectivity index (χ4v) is 4.68. The van der Waals surface area contributed by atoms with Crippen molar-refractivity contribution in [2.24, 2.45) is 0 Å². The van der Waals surface area contributed by atoms with Gasteiger partial charge in [0, 0.05) is 25.6 Å². The van der Waals surface area contributed by atoms with Crippen molar-refractivity contribution in [3.05, 3.63) is 58.1 Å². The summed E-state index contributed by atoms with van der Waals surface area (Å²) in [5.41, 5.74) is 5.77. The quantitative estimate of drug-likeness (QED) is 0.399. The van der Waals surface area contributed by atoms with Gasteiger partial charge in [-0.1, -0.05) is 30.3 Å². The number of rotatable bonds is 8. The highest BCUT2D eigenvalue weighted by atomic mass is 32.2. The zero-order valence-electron chi connectivity index (χ0n) is 18.7. The van der Waals surface area contributed by atoms with Gasteiger partial charge in [0.2, 0.25) is 0 Å². The molecule has 0 spiro atoms. The molecule has 4 atom stereocenters. The Balaban J connectivity index is 1.99. The fraction of sp³-hybridized carbons (Fsp3) is 0.429. The second kappa shape index (κ2) is 10.3. The molecule has 34 heavy (non-hydrogen) atoms. The van der Waals surface area contributed by atoms with Crippen molar-refractivity contribution >= 4 is 27.9 Å². The lowest BCUT2D eigenvalue weighted by molar-refractivity contribution is -0.155. The van der Waals surface area contributed by atoms with Gasteiger partial charge < -0.3 is 19.9 Å². The van der Waals surface area contributed by atoms with E-state index in [1.807, 2.05) is 0 Å². The first-order valence-electron chi connectivity index (χ1n) is 10.2. The first kappa shape index (κ1) is 25.3. The van der Waals surface area contributed by atoms with Crippen molar-refractivity contribution < 1.29 is 36.4 Å². The van der Waals surface area contributed by atoms with E-state index < -0.39 is 64.6 Å². The third kappa shape index (κ3) is 6.18. The molecule has 0 saturated carbocycles. The number of ether oxygens (including phenoxy) is 3. The molecule has 1 aromatic heterocycles. The number of esters is 2. The van der Waals surface area contributed by atoms with Gasteiger partial charge in [-0.3, -0.25) is 18.3 Å². The zero-order valence-corrected chi connectivity index (χ0v) is 19.6. The topological polar surface area (TPSA) is 166 Å². The fourth-order valence-electron chi connectivity index (χ4n) is 3.44. The molecule has 1 aliphatic rings. The van der Waals surface area contributed by atoms with Crippen LogP contribution in [0.3, 0.4) is 0 Å². The summed E-state index contributed by atoms with van der Waals surface area (Å²) in [6.07, 6.45) is -3.97. The SMILES string of the molecule is CC(=O)OC[C@H]1O[C@@H](n2cc(C)c(N)nc2=O)[C@H](OC(C)=O)[C@H]1OS(=O)(=O)Cc1ccccc1. The smallest absolute Gasteiger partial charge is 0.351 e. The summed E-state index contributed by atoms with van der Waals surface area (Å²) in [5.74, 6) is -1.89. The molecule has 0 unspecified atom stereocenters. The number of hydrogen-bond acceptors (Lipinski definition) is 11. The molecule has 184 valence electrons. The van der Waals surface area contributed by atoms with Gasteiger partial charge in [-0.15, -0.1) is 0 Å². The molecule has 0 amide bonds. The highest BCUT2D eigenvalue weighted by molar-refractivity contribution is 7.85. The Morgan fingerprint density at radius 3 is 2.44 bits per heavy atom. The van der Waals surface area contributed by atoms with E-state index in [9.17, 15) is 22.8 Å². The number of carbonyl (C=O) groups excluding carboxylic acids is 2. The van der Waals surface area contributed by atoms with Gasteiger partial charge in [0.1, 0.15) is 30.4 Å². The summed E-state index contributed by atoms with van der Waals surface area (Å²) < 4.78 is 48.3. The van der Waals surface area contributed by atoms with E-state index in [0.29, 0.717) is 11.1 Å². The number of aromatic nitrogens is 2. The van der Waals surface area contributed by atoms with Crippen LogP contribution >= 0.6 is 0 Å². The first-order chi connectivity index (χ1) is 16.0. The second-order valence-corrected chi connectivity index (χ2v) is 9.29. The maximum absolute atomic E-state index is 12.9. The number of carbonyl (C=O) groups is 2. The minimum Gasteiger partial charge on any atom is -0.463 e. The minimum atomic E-state index is -4.22. The number of benzene rings is 1. The largest absolute Gasteiger partial charge is 0.463 e. The number of anilines is 1. The predicted octanol–water partition coefficient (Wildman–Crippen LogP) is 0.441.